The van der Waals surface area contributed by atoms with Crippen molar-refractivity contribution in [3.8, 4) is 0 Å². The molecule has 0 aromatic heterocycles. The van der Waals surface area contributed by atoms with Crippen molar-refractivity contribution in [1.29, 1.82) is 0 Å². The smallest absolute Gasteiger partial charge is 0.347 e. The molecule has 0 atom stereocenters. The zero-order valence-electron chi connectivity index (χ0n) is 11.5. The lowest BCUT2D eigenvalue weighted by Gasteiger charge is -2.09. The summed E-state index contributed by atoms with van der Waals surface area (Å²) in [6, 6.07) is 6.93. The molecule has 0 fully saturated rings. The van der Waals surface area contributed by atoms with E-state index in [1.54, 1.807) is 6.07 Å². The van der Waals surface area contributed by atoms with E-state index >= 15 is 0 Å². The van der Waals surface area contributed by atoms with Crippen LogP contribution in [0, 0.1) is 17.5 Å². The van der Waals surface area contributed by atoms with Gasteiger partial charge in [-0.1, -0.05) is 18.2 Å². The van der Waals surface area contributed by atoms with Gasteiger partial charge in [-0.3, -0.25) is 4.55 Å². The largest absolute Gasteiger partial charge is 0.386 e. The highest BCUT2D eigenvalue weighted by Gasteiger charge is 2.32. The molecule has 6 nitrogen and oxygen atoms in total. The zero-order valence-corrected chi connectivity index (χ0v) is 12.3. The van der Waals surface area contributed by atoms with Gasteiger partial charge in [-0.25, -0.2) is 22.8 Å². The second kappa shape index (κ2) is 6.42. The van der Waals surface area contributed by atoms with Crippen LogP contribution < -0.4 is 0 Å². The SMILES string of the molecule is O=C(OC(=O)c1cc(F)c(F)c(F)c1S(=O)(=O)O)c1ccccc1. The summed E-state index contributed by atoms with van der Waals surface area (Å²) in [6.07, 6.45) is 0. The van der Waals surface area contributed by atoms with E-state index in [2.05, 4.69) is 4.74 Å². The van der Waals surface area contributed by atoms with Gasteiger partial charge in [0.05, 0.1) is 11.1 Å². The number of hydrogen-bond acceptors (Lipinski definition) is 5. The Morgan fingerprint density at radius 3 is 2.08 bits per heavy atom. The Labute approximate surface area is 133 Å². The van der Waals surface area contributed by atoms with Gasteiger partial charge in [-0.2, -0.15) is 8.42 Å². The minimum absolute atomic E-state index is 0.00211. The van der Waals surface area contributed by atoms with E-state index < -0.39 is 50.0 Å². The maximum absolute atomic E-state index is 13.6. The van der Waals surface area contributed by atoms with Crippen LogP contribution in [0.4, 0.5) is 13.2 Å². The molecule has 0 amide bonds. The maximum Gasteiger partial charge on any atom is 0.347 e. The molecule has 1 N–H and O–H groups in total. The van der Waals surface area contributed by atoms with Crippen LogP contribution in [-0.2, 0) is 14.9 Å². The van der Waals surface area contributed by atoms with E-state index in [0.29, 0.717) is 0 Å². The highest BCUT2D eigenvalue weighted by Crippen LogP contribution is 2.25. The molecular weight excluding hydrogens is 353 g/mol. The lowest BCUT2D eigenvalue weighted by Crippen LogP contribution is -2.18. The summed E-state index contributed by atoms with van der Waals surface area (Å²) < 4.78 is 75.5. The second-order valence-corrected chi connectivity index (χ2v) is 5.74. The van der Waals surface area contributed by atoms with Crippen LogP contribution in [0.3, 0.4) is 0 Å². The number of benzene rings is 2. The molecule has 0 spiro atoms. The number of esters is 2. The van der Waals surface area contributed by atoms with Crippen molar-refractivity contribution in [2.45, 2.75) is 4.90 Å². The summed E-state index contributed by atoms with van der Waals surface area (Å²) in [6.45, 7) is 0. The normalized spacial score (nSPS) is 11.2. The highest BCUT2D eigenvalue weighted by molar-refractivity contribution is 7.86. The number of ether oxygens (including phenoxy) is 1. The molecule has 126 valence electrons. The molecule has 2 aromatic carbocycles. The molecule has 0 aliphatic rings. The fourth-order valence-electron chi connectivity index (χ4n) is 1.75. The number of halogens is 3. The molecule has 0 radical (unpaired) electrons. The molecule has 24 heavy (non-hydrogen) atoms. The summed E-state index contributed by atoms with van der Waals surface area (Å²) in [5, 5.41) is 0. The molecule has 2 rings (SSSR count). The van der Waals surface area contributed by atoms with Crippen molar-refractivity contribution in [2.24, 2.45) is 0 Å². The Kier molecular flexibility index (Phi) is 4.71. The monoisotopic (exact) mass is 360 g/mol. The lowest BCUT2D eigenvalue weighted by molar-refractivity contribution is 0.0393. The Hall–Kier alpha value is -2.72. The lowest BCUT2D eigenvalue weighted by atomic mass is 10.2. The van der Waals surface area contributed by atoms with Gasteiger partial charge in [-0.05, 0) is 18.2 Å². The number of carbonyl (C=O) groups excluding carboxylic acids is 2. The Morgan fingerprint density at radius 1 is 0.958 bits per heavy atom. The topological polar surface area (TPSA) is 97.7 Å². The highest BCUT2D eigenvalue weighted by atomic mass is 32.2. The van der Waals surface area contributed by atoms with Crippen molar-refractivity contribution in [1.82, 2.24) is 0 Å². The zero-order chi connectivity index (χ0) is 18.1. The van der Waals surface area contributed by atoms with Gasteiger partial charge >= 0.3 is 11.9 Å². The molecule has 0 saturated carbocycles. The minimum Gasteiger partial charge on any atom is -0.386 e. The third-order valence-electron chi connectivity index (χ3n) is 2.79. The molecule has 0 unspecified atom stereocenters. The average molecular weight is 360 g/mol. The van der Waals surface area contributed by atoms with Crippen molar-refractivity contribution in [3.05, 3.63) is 65.0 Å². The third kappa shape index (κ3) is 3.44. The quantitative estimate of drug-likeness (QED) is 0.391. The van der Waals surface area contributed by atoms with Crippen molar-refractivity contribution in [3.63, 3.8) is 0 Å². The van der Waals surface area contributed by atoms with Crippen LogP contribution in [0.5, 0.6) is 0 Å². The predicted octanol–water partition coefficient (Wildman–Crippen LogP) is 2.35. The van der Waals surface area contributed by atoms with E-state index in [1.807, 2.05) is 0 Å². The van der Waals surface area contributed by atoms with Gasteiger partial charge < -0.3 is 4.74 Å². The summed E-state index contributed by atoms with van der Waals surface area (Å²) in [4.78, 5) is 21.7. The third-order valence-corrected chi connectivity index (χ3v) is 3.71. The average Bonchev–Trinajstić information content (AvgIpc) is 2.51. The van der Waals surface area contributed by atoms with Crippen molar-refractivity contribution < 1.29 is 40.5 Å². The summed E-state index contributed by atoms with van der Waals surface area (Å²) in [5.41, 5.74) is -1.47. The molecule has 0 heterocycles. The van der Waals surface area contributed by atoms with Gasteiger partial charge in [0.2, 0.25) is 0 Å². The van der Waals surface area contributed by atoms with Gasteiger partial charge in [0, 0.05) is 0 Å². The van der Waals surface area contributed by atoms with Crippen LogP contribution in [0.15, 0.2) is 41.3 Å². The number of rotatable bonds is 3. The summed E-state index contributed by atoms with van der Waals surface area (Å²) >= 11 is 0. The molecule has 0 aliphatic carbocycles. The minimum atomic E-state index is -5.44. The first-order valence-corrected chi connectivity index (χ1v) is 7.53. The van der Waals surface area contributed by atoms with Gasteiger partial charge in [0.1, 0.15) is 4.90 Å². The van der Waals surface area contributed by atoms with Crippen molar-refractivity contribution in [2.75, 3.05) is 0 Å². The Morgan fingerprint density at radius 2 is 1.54 bits per heavy atom. The fourth-order valence-corrected chi connectivity index (χ4v) is 2.49. The van der Waals surface area contributed by atoms with Gasteiger partial charge in [0.25, 0.3) is 10.1 Å². The molecule has 0 bridgehead atoms. The van der Waals surface area contributed by atoms with Crippen LogP contribution in [0.1, 0.15) is 20.7 Å². The van der Waals surface area contributed by atoms with E-state index in [-0.39, 0.29) is 11.6 Å². The standard InChI is InChI=1S/C14H7F3O6S/c15-9-6-8(12(24(20,21)22)11(17)10(9)16)14(19)23-13(18)7-4-2-1-3-5-7/h1-6H,(H,20,21,22). The maximum atomic E-state index is 13.6. The molecule has 2 aromatic rings. The van der Waals surface area contributed by atoms with E-state index in [0.717, 1.165) is 0 Å². The molecule has 0 aliphatic heterocycles. The second-order valence-electron chi connectivity index (χ2n) is 4.38. The predicted molar refractivity (Wildman–Crippen MR) is 72.3 cm³/mol. The number of carbonyl (C=O) groups is 2. The van der Waals surface area contributed by atoms with E-state index in [1.165, 1.54) is 24.3 Å². The Bertz CT molecular complexity index is 925. The van der Waals surface area contributed by atoms with Gasteiger partial charge in [-0.15, -0.1) is 0 Å². The van der Waals surface area contributed by atoms with E-state index in [9.17, 15) is 31.2 Å². The van der Waals surface area contributed by atoms with Crippen LogP contribution in [0.2, 0.25) is 0 Å². The molecule has 0 saturated heterocycles. The molecular formula is C14H7F3O6S. The summed E-state index contributed by atoms with van der Waals surface area (Å²) in [7, 11) is -5.44. The Balaban J connectivity index is 2.48. The van der Waals surface area contributed by atoms with E-state index in [4.69, 9.17) is 4.55 Å². The fraction of sp³-hybridized carbons (Fsp3) is 0. The van der Waals surface area contributed by atoms with Crippen molar-refractivity contribution >= 4 is 22.1 Å². The first-order chi connectivity index (χ1) is 11.1. The summed E-state index contributed by atoms with van der Waals surface area (Å²) in [5.74, 6) is -9.45. The first-order valence-electron chi connectivity index (χ1n) is 6.09. The molecule has 10 heteroatoms. The van der Waals surface area contributed by atoms with Gasteiger partial charge in [0.15, 0.2) is 17.5 Å². The van der Waals surface area contributed by atoms with Crippen LogP contribution >= 0.6 is 0 Å². The number of hydrogen-bond donors (Lipinski definition) is 1. The van der Waals surface area contributed by atoms with Crippen LogP contribution in [-0.4, -0.2) is 24.9 Å². The first kappa shape index (κ1) is 17.6. The van der Waals surface area contributed by atoms with Crippen LogP contribution in [0.25, 0.3) is 0 Å².